The molecule has 4 nitrogen and oxygen atoms in total. The molecule has 1 aromatic carbocycles. The van der Waals surface area contributed by atoms with Gasteiger partial charge >= 0.3 is 0 Å². The third kappa shape index (κ3) is 4.71. The molecule has 0 aromatic heterocycles. The molecule has 0 bridgehead atoms. The fourth-order valence-electron chi connectivity index (χ4n) is 2.83. The van der Waals surface area contributed by atoms with E-state index in [1.54, 1.807) is 11.8 Å². The third-order valence-corrected chi connectivity index (χ3v) is 6.86. The summed E-state index contributed by atoms with van der Waals surface area (Å²) in [5.41, 5.74) is 7.34. The molecule has 1 saturated carbocycles. The molecule has 118 valence electrons. The van der Waals surface area contributed by atoms with Gasteiger partial charge in [0.1, 0.15) is 0 Å². The zero-order chi connectivity index (χ0) is 15.3. The first-order chi connectivity index (χ1) is 9.99. The minimum Gasteiger partial charge on any atom is -0.326 e. The summed E-state index contributed by atoms with van der Waals surface area (Å²) in [6.07, 6.45) is 6.66. The SMILES string of the molecule is CSC1(CNS(=O)(=O)Cc2cccc(CN)c2)CCCC1. The van der Waals surface area contributed by atoms with E-state index in [-0.39, 0.29) is 10.5 Å². The second-order valence-corrected chi connectivity index (χ2v) is 8.78. The Morgan fingerprint density at radius 2 is 1.95 bits per heavy atom. The van der Waals surface area contributed by atoms with E-state index < -0.39 is 10.0 Å². The van der Waals surface area contributed by atoms with Crippen LogP contribution in [0.25, 0.3) is 0 Å². The minimum atomic E-state index is -3.30. The highest BCUT2D eigenvalue weighted by atomic mass is 32.2. The lowest BCUT2D eigenvalue weighted by molar-refractivity contribution is 0.550. The molecule has 0 saturated heterocycles. The summed E-state index contributed by atoms with van der Waals surface area (Å²) in [6.45, 7) is 0.962. The molecule has 1 aliphatic carbocycles. The normalized spacial score (nSPS) is 18.0. The molecule has 2 rings (SSSR count). The van der Waals surface area contributed by atoms with E-state index in [0.717, 1.165) is 24.0 Å². The molecule has 0 aliphatic heterocycles. The highest BCUT2D eigenvalue weighted by Crippen LogP contribution is 2.39. The van der Waals surface area contributed by atoms with Gasteiger partial charge < -0.3 is 5.73 Å². The van der Waals surface area contributed by atoms with Crippen LogP contribution in [0.5, 0.6) is 0 Å². The van der Waals surface area contributed by atoms with Crippen molar-refractivity contribution in [3.8, 4) is 0 Å². The molecular formula is C15H24N2O2S2. The average Bonchev–Trinajstić information content (AvgIpc) is 2.95. The van der Waals surface area contributed by atoms with Crippen LogP contribution < -0.4 is 10.5 Å². The Balaban J connectivity index is 1.98. The van der Waals surface area contributed by atoms with Crippen molar-refractivity contribution in [1.82, 2.24) is 4.72 Å². The summed E-state index contributed by atoms with van der Waals surface area (Å²) in [7, 11) is -3.30. The van der Waals surface area contributed by atoms with Crippen LogP contribution in [0.1, 0.15) is 36.8 Å². The van der Waals surface area contributed by atoms with Crippen LogP contribution in [-0.2, 0) is 22.3 Å². The summed E-state index contributed by atoms with van der Waals surface area (Å²) < 4.78 is 27.4. The van der Waals surface area contributed by atoms with Crippen LogP contribution in [0.4, 0.5) is 0 Å². The van der Waals surface area contributed by atoms with E-state index in [1.165, 1.54) is 12.8 Å². The summed E-state index contributed by atoms with van der Waals surface area (Å²) in [4.78, 5) is 0. The van der Waals surface area contributed by atoms with Gasteiger partial charge in [0, 0.05) is 17.8 Å². The summed E-state index contributed by atoms with van der Waals surface area (Å²) in [6, 6.07) is 7.45. The van der Waals surface area contributed by atoms with E-state index >= 15 is 0 Å². The van der Waals surface area contributed by atoms with Crippen molar-refractivity contribution in [2.24, 2.45) is 5.73 Å². The van der Waals surface area contributed by atoms with Gasteiger partial charge in [0.15, 0.2) is 0 Å². The number of rotatable bonds is 7. The molecule has 0 unspecified atom stereocenters. The molecule has 0 atom stereocenters. The first kappa shape index (κ1) is 16.8. The van der Waals surface area contributed by atoms with Gasteiger partial charge in [-0.1, -0.05) is 37.1 Å². The predicted molar refractivity (Wildman–Crippen MR) is 89.7 cm³/mol. The molecular weight excluding hydrogens is 304 g/mol. The van der Waals surface area contributed by atoms with Crippen LogP contribution in [-0.4, -0.2) is 26.0 Å². The first-order valence-corrected chi connectivity index (χ1v) is 10.2. The van der Waals surface area contributed by atoms with Crippen molar-refractivity contribution in [3.63, 3.8) is 0 Å². The topological polar surface area (TPSA) is 72.2 Å². The van der Waals surface area contributed by atoms with Gasteiger partial charge in [-0.25, -0.2) is 13.1 Å². The van der Waals surface area contributed by atoms with Crippen LogP contribution in [0.15, 0.2) is 24.3 Å². The Morgan fingerprint density at radius 3 is 2.57 bits per heavy atom. The Bertz CT molecular complexity index is 567. The number of hydrogen-bond donors (Lipinski definition) is 2. The van der Waals surface area contributed by atoms with E-state index in [9.17, 15) is 8.42 Å². The lowest BCUT2D eigenvalue weighted by Crippen LogP contribution is -2.38. The molecule has 0 heterocycles. The molecule has 1 fully saturated rings. The van der Waals surface area contributed by atoms with Gasteiger partial charge in [-0.2, -0.15) is 11.8 Å². The predicted octanol–water partition coefficient (Wildman–Crippen LogP) is 2.24. The third-order valence-electron chi connectivity index (χ3n) is 4.15. The quantitative estimate of drug-likeness (QED) is 0.805. The smallest absolute Gasteiger partial charge is 0.215 e. The molecule has 0 radical (unpaired) electrons. The van der Waals surface area contributed by atoms with Crippen LogP contribution in [0, 0.1) is 0 Å². The molecule has 1 aromatic rings. The number of nitrogens with two attached hydrogens (primary N) is 1. The van der Waals surface area contributed by atoms with Gasteiger partial charge in [0.05, 0.1) is 5.75 Å². The molecule has 6 heteroatoms. The Hall–Kier alpha value is -0.560. The Labute approximate surface area is 131 Å². The highest BCUT2D eigenvalue weighted by molar-refractivity contribution is 8.00. The fourth-order valence-corrected chi connectivity index (χ4v) is 5.05. The summed E-state index contributed by atoms with van der Waals surface area (Å²) in [5.74, 6) is 0.0191. The van der Waals surface area contributed by atoms with Crippen molar-refractivity contribution < 1.29 is 8.42 Å². The molecule has 21 heavy (non-hydrogen) atoms. The maximum absolute atomic E-state index is 12.3. The average molecular weight is 329 g/mol. The maximum Gasteiger partial charge on any atom is 0.215 e. The van der Waals surface area contributed by atoms with Crippen LogP contribution in [0.2, 0.25) is 0 Å². The summed E-state index contributed by atoms with van der Waals surface area (Å²) >= 11 is 1.79. The number of sulfonamides is 1. The van der Waals surface area contributed by atoms with Gasteiger partial charge in [-0.15, -0.1) is 0 Å². The lowest BCUT2D eigenvalue weighted by atomic mass is 10.1. The van der Waals surface area contributed by atoms with Crippen molar-refractivity contribution >= 4 is 21.8 Å². The second kappa shape index (κ2) is 7.13. The zero-order valence-electron chi connectivity index (χ0n) is 12.5. The first-order valence-electron chi connectivity index (χ1n) is 7.29. The largest absolute Gasteiger partial charge is 0.326 e. The highest BCUT2D eigenvalue weighted by Gasteiger charge is 2.33. The minimum absolute atomic E-state index is 0.0191. The van der Waals surface area contributed by atoms with Crippen molar-refractivity contribution in [2.75, 3.05) is 12.8 Å². The number of thioether (sulfide) groups is 1. The number of nitrogens with one attached hydrogen (secondary N) is 1. The molecule has 3 N–H and O–H groups in total. The lowest BCUT2D eigenvalue weighted by Gasteiger charge is -2.26. The fraction of sp³-hybridized carbons (Fsp3) is 0.600. The van der Waals surface area contributed by atoms with Crippen molar-refractivity contribution in [3.05, 3.63) is 35.4 Å². The van der Waals surface area contributed by atoms with Crippen LogP contribution in [0.3, 0.4) is 0 Å². The zero-order valence-corrected chi connectivity index (χ0v) is 14.1. The van der Waals surface area contributed by atoms with Gasteiger partial charge in [-0.05, 0) is 30.2 Å². The monoisotopic (exact) mass is 328 g/mol. The second-order valence-electron chi connectivity index (χ2n) is 5.70. The molecule has 0 spiro atoms. The standard InChI is InChI=1S/C15H24N2O2S2/c1-20-15(7-2-3-8-15)12-17-21(18,19)11-14-6-4-5-13(9-14)10-16/h4-6,9,17H,2-3,7-8,10-12,16H2,1H3. The van der Waals surface area contributed by atoms with Crippen LogP contribution >= 0.6 is 11.8 Å². The van der Waals surface area contributed by atoms with E-state index in [1.807, 2.05) is 24.3 Å². The van der Waals surface area contributed by atoms with Gasteiger partial charge in [0.2, 0.25) is 10.0 Å². The van der Waals surface area contributed by atoms with E-state index in [4.69, 9.17) is 5.73 Å². The van der Waals surface area contributed by atoms with Crippen molar-refractivity contribution in [1.29, 1.82) is 0 Å². The molecule has 1 aliphatic rings. The van der Waals surface area contributed by atoms with Gasteiger partial charge in [-0.3, -0.25) is 0 Å². The number of hydrogen-bond acceptors (Lipinski definition) is 4. The van der Waals surface area contributed by atoms with Gasteiger partial charge in [0.25, 0.3) is 0 Å². The maximum atomic E-state index is 12.3. The van der Waals surface area contributed by atoms with E-state index in [0.29, 0.717) is 13.1 Å². The Kier molecular flexibility index (Phi) is 5.71. The molecule has 0 amide bonds. The van der Waals surface area contributed by atoms with Crippen molar-refractivity contribution in [2.45, 2.75) is 42.7 Å². The van der Waals surface area contributed by atoms with E-state index in [2.05, 4.69) is 11.0 Å². The summed E-state index contributed by atoms with van der Waals surface area (Å²) in [5, 5.41) is 0. The Morgan fingerprint density at radius 1 is 1.29 bits per heavy atom. The number of benzene rings is 1.